The molecule has 0 saturated carbocycles. The first-order chi connectivity index (χ1) is 10.0. The maximum atomic E-state index is 12.8. The minimum atomic E-state index is -3.62. The standard InChI is InChI=1S/C14H16BNO3S2/c1-3-16(9-11-7-5-4-6-8-11)21(17,18)14-13(19-2)12(15)10-20-14/h4-8,10H,3,9H2,1-2H3. The molecule has 0 aliphatic rings. The predicted octanol–water partition coefficient (Wildman–Crippen LogP) is 1.76. The van der Waals surface area contributed by atoms with Crippen LogP contribution < -0.4 is 10.2 Å². The summed E-state index contributed by atoms with van der Waals surface area (Å²) < 4.78 is 32.2. The molecule has 2 radical (unpaired) electrons. The van der Waals surface area contributed by atoms with Gasteiger partial charge >= 0.3 is 0 Å². The summed E-state index contributed by atoms with van der Waals surface area (Å²) in [6.07, 6.45) is 0. The highest BCUT2D eigenvalue weighted by atomic mass is 32.2. The maximum absolute atomic E-state index is 12.8. The lowest BCUT2D eigenvalue weighted by Gasteiger charge is -2.20. The Balaban J connectivity index is 2.36. The van der Waals surface area contributed by atoms with Gasteiger partial charge in [0.2, 0.25) is 0 Å². The molecular formula is C14H16BNO3S2. The van der Waals surface area contributed by atoms with Gasteiger partial charge in [0, 0.05) is 13.1 Å². The monoisotopic (exact) mass is 321 g/mol. The van der Waals surface area contributed by atoms with E-state index in [-0.39, 0.29) is 9.96 Å². The first-order valence-corrected chi connectivity index (χ1v) is 8.77. The van der Waals surface area contributed by atoms with Crippen molar-refractivity contribution in [2.75, 3.05) is 13.7 Å². The van der Waals surface area contributed by atoms with Gasteiger partial charge in [-0.15, -0.1) is 11.3 Å². The number of hydrogen-bond acceptors (Lipinski definition) is 4. The van der Waals surface area contributed by atoms with Crippen LogP contribution in [0, 0.1) is 0 Å². The fraction of sp³-hybridized carbons (Fsp3) is 0.286. The molecule has 0 unspecified atom stereocenters. The topological polar surface area (TPSA) is 46.6 Å². The van der Waals surface area contributed by atoms with Crippen LogP contribution in [0.5, 0.6) is 5.75 Å². The Kier molecular flexibility index (Phi) is 5.08. The summed E-state index contributed by atoms with van der Waals surface area (Å²) in [4.78, 5) is 0. The Morgan fingerprint density at radius 2 is 1.95 bits per heavy atom. The summed E-state index contributed by atoms with van der Waals surface area (Å²) in [6, 6.07) is 9.48. The number of thiophene rings is 1. The largest absolute Gasteiger partial charge is 0.495 e. The predicted molar refractivity (Wildman–Crippen MR) is 86.0 cm³/mol. The Morgan fingerprint density at radius 3 is 2.52 bits per heavy atom. The molecular weight excluding hydrogens is 305 g/mol. The second-order valence-electron chi connectivity index (χ2n) is 4.43. The second kappa shape index (κ2) is 6.64. The highest BCUT2D eigenvalue weighted by Crippen LogP contribution is 2.30. The summed E-state index contributed by atoms with van der Waals surface area (Å²) in [6.45, 7) is 2.50. The van der Waals surface area contributed by atoms with E-state index >= 15 is 0 Å². The minimum absolute atomic E-state index is 0.153. The third kappa shape index (κ3) is 3.31. The number of sulfonamides is 1. The summed E-state index contributed by atoms with van der Waals surface area (Å²) in [5.74, 6) is 0.228. The molecule has 7 heteroatoms. The van der Waals surface area contributed by atoms with E-state index in [4.69, 9.17) is 12.6 Å². The van der Waals surface area contributed by atoms with Crippen LogP contribution in [-0.2, 0) is 16.6 Å². The third-order valence-corrected chi connectivity index (χ3v) is 6.49. The molecule has 0 bridgehead atoms. The highest BCUT2D eigenvalue weighted by Gasteiger charge is 2.29. The van der Waals surface area contributed by atoms with Crippen LogP contribution in [0.1, 0.15) is 12.5 Å². The Bertz CT molecular complexity index is 698. The lowest BCUT2D eigenvalue weighted by molar-refractivity contribution is 0.398. The molecule has 0 atom stereocenters. The molecule has 0 amide bonds. The normalized spacial score (nSPS) is 11.8. The average molecular weight is 321 g/mol. The van der Waals surface area contributed by atoms with E-state index in [1.807, 2.05) is 37.3 Å². The van der Waals surface area contributed by atoms with Crippen molar-refractivity contribution in [2.24, 2.45) is 0 Å². The summed E-state index contributed by atoms with van der Waals surface area (Å²) in [5, 5.41) is 1.59. The van der Waals surface area contributed by atoms with Gasteiger partial charge in [-0.1, -0.05) is 37.3 Å². The van der Waals surface area contributed by atoms with Crippen molar-refractivity contribution in [3.8, 4) is 5.75 Å². The van der Waals surface area contributed by atoms with E-state index in [1.165, 1.54) is 11.4 Å². The quantitative estimate of drug-likeness (QED) is 0.762. The summed E-state index contributed by atoms with van der Waals surface area (Å²) >= 11 is 1.08. The third-order valence-electron chi connectivity index (χ3n) is 3.07. The van der Waals surface area contributed by atoms with E-state index in [1.54, 1.807) is 5.38 Å². The molecule has 4 nitrogen and oxygen atoms in total. The number of methoxy groups -OCH3 is 1. The molecule has 0 saturated heterocycles. The van der Waals surface area contributed by atoms with Crippen LogP contribution in [0.4, 0.5) is 0 Å². The Labute approximate surface area is 130 Å². The van der Waals surface area contributed by atoms with Crippen molar-refractivity contribution in [2.45, 2.75) is 17.7 Å². The van der Waals surface area contributed by atoms with Gasteiger partial charge in [-0.3, -0.25) is 0 Å². The van der Waals surface area contributed by atoms with E-state index in [2.05, 4.69) is 0 Å². The molecule has 0 fully saturated rings. The van der Waals surface area contributed by atoms with Gasteiger partial charge in [0.15, 0.2) is 4.21 Å². The highest BCUT2D eigenvalue weighted by molar-refractivity contribution is 7.91. The van der Waals surface area contributed by atoms with Crippen molar-refractivity contribution in [1.29, 1.82) is 0 Å². The zero-order chi connectivity index (χ0) is 15.5. The van der Waals surface area contributed by atoms with Crippen LogP contribution in [0.2, 0.25) is 0 Å². The van der Waals surface area contributed by atoms with E-state index in [9.17, 15) is 8.42 Å². The van der Waals surface area contributed by atoms with Gasteiger partial charge in [0.1, 0.15) is 13.6 Å². The van der Waals surface area contributed by atoms with Crippen molar-refractivity contribution < 1.29 is 13.2 Å². The molecule has 1 aromatic heterocycles. The average Bonchev–Trinajstić information content (AvgIpc) is 2.87. The minimum Gasteiger partial charge on any atom is -0.495 e. The number of ether oxygens (including phenoxy) is 1. The van der Waals surface area contributed by atoms with Gasteiger partial charge in [-0.25, -0.2) is 8.42 Å². The lowest BCUT2D eigenvalue weighted by Crippen LogP contribution is -2.30. The first-order valence-electron chi connectivity index (χ1n) is 6.45. The van der Waals surface area contributed by atoms with Crippen LogP contribution in [0.15, 0.2) is 39.9 Å². The molecule has 2 rings (SSSR count). The van der Waals surface area contributed by atoms with E-state index in [0.717, 1.165) is 16.9 Å². The Hall–Kier alpha value is -1.31. The van der Waals surface area contributed by atoms with E-state index < -0.39 is 10.0 Å². The molecule has 0 aliphatic heterocycles. The zero-order valence-corrected chi connectivity index (χ0v) is 13.6. The fourth-order valence-electron chi connectivity index (χ4n) is 1.99. The number of benzene rings is 1. The molecule has 2 aromatic rings. The SMILES string of the molecule is [B]c1csc(S(=O)(=O)N(CC)Cc2ccccc2)c1OC. The summed E-state index contributed by atoms with van der Waals surface area (Å²) in [5.41, 5.74) is 1.28. The maximum Gasteiger partial charge on any atom is 0.256 e. The smallest absolute Gasteiger partial charge is 0.256 e. The van der Waals surface area contributed by atoms with Crippen molar-refractivity contribution >= 4 is 34.7 Å². The molecule has 0 N–H and O–H groups in total. The lowest BCUT2D eigenvalue weighted by atomic mass is 10.0. The van der Waals surface area contributed by atoms with Crippen LogP contribution in [-0.4, -0.2) is 34.2 Å². The Morgan fingerprint density at radius 1 is 1.29 bits per heavy atom. The molecule has 21 heavy (non-hydrogen) atoms. The van der Waals surface area contributed by atoms with Crippen molar-refractivity contribution in [1.82, 2.24) is 4.31 Å². The van der Waals surface area contributed by atoms with Crippen molar-refractivity contribution in [3.63, 3.8) is 0 Å². The van der Waals surface area contributed by atoms with E-state index in [0.29, 0.717) is 18.6 Å². The molecule has 0 spiro atoms. The van der Waals surface area contributed by atoms with Gasteiger partial charge in [0.05, 0.1) is 7.11 Å². The number of hydrogen-bond donors (Lipinski definition) is 0. The van der Waals surface area contributed by atoms with Crippen molar-refractivity contribution in [3.05, 3.63) is 41.3 Å². The molecule has 1 aromatic carbocycles. The number of rotatable bonds is 6. The molecule has 0 aliphatic carbocycles. The van der Waals surface area contributed by atoms with Gasteiger partial charge in [-0.2, -0.15) is 4.31 Å². The summed E-state index contributed by atoms with van der Waals surface area (Å²) in [7, 11) is 3.54. The van der Waals surface area contributed by atoms with Gasteiger partial charge in [0.25, 0.3) is 10.0 Å². The first kappa shape index (κ1) is 16.1. The number of nitrogens with zero attached hydrogens (tertiary/aromatic N) is 1. The van der Waals surface area contributed by atoms with Crippen LogP contribution >= 0.6 is 11.3 Å². The molecule has 110 valence electrons. The molecule has 1 heterocycles. The van der Waals surface area contributed by atoms with Crippen LogP contribution in [0.3, 0.4) is 0 Å². The van der Waals surface area contributed by atoms with Gasteiger partial charge in [-0.05, 0) is 16.4 Å². The van der Waals surface area contributed by atoms with Gasteiger partial charge < -0.3 is 4.74 Å². The fourth-order valence-corrected chi connectivity index (χ4v) is 4.92. The second-order valence-corrected chi connectivity index (χ2v) is 7.44. The van der Waals surface area contributed by atoms with Crippen LogP contribution in [0.25, 0.3) is 0 Å². The zero-order valence-electron chi connectivity index (χ0n) is 11.9.